The van der Waals surface area contributed by atoms with E-state index >= 15 is 0 Å². The molecule has 112 valence electrons. The van der Waals surface area contributed by atoms with Gasteiger partial charge in [0, 0.05) is 17.6 Å². The molecule has 1 atom stereocenters. The van der Waals surface area contributed by atoms with E-state index in [9.17, 15) is 0 Å². The van der Waals surface area contributed by atoms with Crippen molar-refractivity contribution >= 4 is 15.9 Å². The molecule has 1 aromatic rings. The van der Waals surface area contributed by atoms with Gasteiger partial charge >= 0.3 is 0 Å². The lowest BCUT2D eigenvalue weighted by molar-refractivity contribution is 0.273. The molecule has 1 aliphatic heterocycles. The fraction of sp³-hybridized carbons (Fsp3) is 0.600. The van der Waals surface area contributed by atoms with Gasteiger partial charge in [-0.15, -0.1) is 0 Å². The summed E-state index contributed by atoms with van der Waals surface area (Å²) >= 11 is 3.62. The highest BCUT2D eigenvalue weighted by atomic mass is 79.9. The number of likely N-dealkylation sites (tertiary alicyclic amines) is 1. The molecule has 1 unspecified atom stereocenters. The van der Waals surface area contributed by atoms with Gasteiger partial charge in [-0.2, -0.15) is 0 Å². The number of nitrogens with zero attached hydrogens (tertiary/aromatic N) is 1. The summed E-state index contributed by atoms with van der Waals surface area (Å²) in [6.07, 6.45) is 1.16. The van der Waals surface area contributed by atoms with Gasteiger partial charge in [0.25, 0.3) is 0 Å². The third-order valence-corrected chi connectivity index (χ3v) is 4.81. The van der Waals surface area contributed by atoms with Crippen LogP contribution in [0.25, 0.3) is 0 Å². The molecule has 0 aromatic heterocycles. The van der Waals surface area contributed by atoms with Gasteiger partial charge in [0.05, 0.1) is 14.2 Å². The molecule has 1 aliphatic rings. The normalized spacial score (nSPS) is 23.1. The van der Waals surface area contributed by atoms with Crippen LogP contribution in [0.1, 0.15) is 18.9 Å². The second-order valence-electron chi connectivity index (χ2n) is 5.77. The monoisotopic (exact) mass is 342 g/mol. The first-order valence-electron chi connectivity index (χ1n) is 6.84. The molecule has 2 N–H and O–H groups in total. The van der Waals surface area contributed by atoms with Crippen LogP contribution in [0, 0.1) is 5.41 Å². The Morgan fingerprint density at radius 2 is 1.95 bits per heavy atom. The summed E-state index contributed by atoms with van der Waals surface area (Å²) in [4.78, 5) is 2.44. The molecule has 1 aromatic carbocycles. The number of hydrogen-bond donors (Lipinski definition) is 1. The minimum Gasteiger partial charge on any atom is -0.493 e. The third kappa shape index (κ3) is 3.27. The summed E-state index contributed by atoms with van der Waals surface area (Å²) in [5, 5.41) is 0. The van der Waals surface area contributed by atoms with E-state index in [-0.39, 0.29) is 5.41 Å². The maximum Gasteiger partial charge on any atom is 0.161 e. The van der Waals surface area contributed by atoms with Crippen molar-refractivity contribution in [3.05, 3.63) is 22.2 Å². The molecule has 4 nitrogen and oxygen atoms in total. The molecule has 5 heteroatoms. The molecule has 1 heterocycles. The Bertz CT molecular complexity index is 481. The summed E-state index contributed by atoms with van der Waals surface area (Å²) in [5.41, 5.74) is 7.33. The van der Waals surface area contributed by atoms with E-state index in [0.29, 0.717) is 0 Å². The maximum absolute atomic E-state index is 5.86. The Morgan fingerprint density at radius 3 is 2.50 bits per heavy atom. The number of benzene rings is 1. The second-order valence-corrected chi connectivity index (χ2v) is 6.63. The Hall–Kier alpha value is -0.780. The highest BCUT2D eigenvalue weighted by Gasteiger charge is 2.32. The van der Waals surface area contributed by atoms with Gasteiger partial charge in [-0.05, 0) is 42.6 Å². The van der Waals surface area contributed by atoms with Crippen LogP contribution in [-0.2, 0) is 6.54 Å². The zero-order valence-corrected chi connectivity index (χ0v) is 14.0. The quantitative estimate of drug-likeness (QED) is 0.893. The van der Waals surface area contributed by atoms with Crippen LogP contribution in [0.2, 0.25) is 0 Å². The minimum atomic E-state index is 0.253. The average molecular weight is 343 g/mol. The molecular formula is C15H23BrN2O2. The van der Waals surface area contributed by atoms with Crippen molar-refractivity contribution in [2.45, 2.75) is 19.9 Å². The SMILES string of the molecule is COc1cc(Br)c(CN2CCC(C)(CN)C2)cc1OC. The summed E-state index contributed by atoms with van der Waals surface area (Å²) < 4.78 is 11.7. The predicted molar refractivity (Wildman–Crippen MR) is 84.3 cm³/mol. The molecule has 0 saturated carbocycles. The van der Waals surface area contributed by atoms with E-state index in [0.717, 1.165) is 48.6 Å². The summed E-state index contributed by atoms with van der Waals surface area (Å²) in [6.45, 7) is 6.04. The largest absolute Gasteiger partial charge is 0.493 e. The molecule has 20 heavy (non-hydrogen) atoms. The summed E-state index contributed by atoms with van der Waals surface area (Å²) in [7, 11) is 3.31. The number of rotatable bonds is 5. The van der Waals surface area contributed by atoms with Gasteiger partial charge in [0.1, 0.15) is 0 Å². The summed E-state index contributed by atoms with van der Waals surface area (Å²) in [5.74, 6) is 1.52. The molecule has 2 rings (SSSR count). The van der Waals surface area contributed by atoms with E-state index in [1.807, 2.05) is 12.1 Å². The van der Waals surface area contributed by atoms with Crippen LogP contribution in [0.15, 0.2) is 16.6 Å². The van der Waals surface area contributed by atoms with Gasteiger partial charge in [-0.3, -0.25) is 4.90 Å². The molecule has 0 bridgehead atoms. The van der Waals surface area contributed by atoms with Crippen LogP contribution in [0.5, 0.6) is 11.5 Å². The van der Waals surface area contributed by atoms with Crippen LogP contribution in [0.3, 0.4) is 0 Å². The topological polar surface area (TPSA) is 47.7 Å². The smallest absolute Gasteiger partial charge is 0.161 e. The highest BCUT2D eigenvalue weighted by molar-refractivity contribution is 9.10. The van der Waals surface area contributed by atoms with E-state index in [4.69, 9.17) is 15.2 Å². The molecule has 1 saturated heterocycles. The molecule has 0 radical (unpaired) electrons. The van der Waals surface area contributed by atoms with Crippen molar-refractivity contribution in [2.75, 3.05) is 33.9 Å². The van der Waals surface area contributed by atoms with Gasteiger partial charge in [-0.25, -0.2) is 0 Å². The molecule has 0 spiro atoms. The average Bonchev–Trinajstić information content (AvgIpc) is 2.83. The van der Waals surface area contributed by atoms with Gasteiger partial charge < -0.3 is 15.2 Å². The minimum absolute atomic E-state index is 0.253. The van der Waals surface area contributed by atoms with Gasteiger partial charge in [0.15, 0.2) is 11.5 Å². The zero-order chi connectivity index (χ0) is 14.8. The number of ether oxygens (including phenoxy) is 2. The Balaban J connectivity index is 2.14. The van der Waals surface area contributed by atoms with Crippen LogP contribution < -0.4 is 15.2 Å². The standard InChI is InChI=1S/C15H23BrN2O2/c1-15(9-17)4-5-18(10-15)8-11-6-13(19-2)14(20-3)7-12(11)16/h6-7H,4-5,8-10,17H2,1-3H3. The maximum atomic E-state index is 5.86. The highest BCUT2D eigenvalue weighted by Crippen LogP contribution is 2.35. The van der Waals surface area contributed by atoms with E-state index < -0.39 is 0 Å². The first-order chi connectivity index (χ1) is 9.51. The fourth-order valence-electron chi connectivity index (χ4n) is 2.69. The van der Waals surface area contributed by atoms with Crippen molar-refractivity contribution in [2.24, 2.45) is 11.1 Å². The van der Waals surface area contributed by atoms with Crippen molar-refractivity contribution in [1.82, 2.24) is 4.90 Å². The summed E-state index contributed by atoms with van der Waals surface area (Å²) in [6, 6.07) is 4.01. The van der Waals surface area contributed by atoms with Crippen molar-refractivity contribution in [3.8, 4) is 11.5 Å². The van der Waals surface area contributed by atoms with Crippen LogP contribution in [0.4, 0.5) is 0 Å². The van der Waals surface area contributed by atoms with E-state index in [1.54, 1.807) is 14.2 Å². The fourth-order valence-corrected chi connectivity index (χ4v) is 3.13. The first kappa shape index (κ1) is 15.6. The molecular weight excluding hydrogens is 320 g/mol. The lowest BCUT2D eigenvalue weighted by Crippen LogP contribution is -2.31. The van der Waals surface area contributed by atoms with Crippen LogP contribution in [-0.4, -0.2) is 38.8 Å². The van der Waals surface area contributed by atoms with Gasteiger partial charge in [-0.1, -0.05) is 22.9 Å². The Kier molecular flexibility index (Phi) is 4.94. The lowest BCUT2D eigenvalue weighted by atomic mass is 9.90. The number of methoxy groups -OCH3 is 2. The zero-order valence-electron chi connectivity index (χ0n) is 12.4. The van der Waals surface area contributed by atoms with Crippen molar-refractivity contribution in [3.63, 3.8) is 0 Å². The molecule has 0 amide bonds. The number of nitrogens with two attached hydrogens (primary N) is 1. The molecule has 0 aliphatic carbocycles. The Labute approximate surface area is 129 Å². The lowest BCUT2D eigenvalue weighted by Gasteiger charge is -2.23. The number of halogens is 1. The van der Waals surface area contributed by atoms with Crippen molar-refractivity contribution in [1.29, 1.82) is 0 Å². The van der Waals surface area contributed by atoms with Gasteiger partial charge in [0.2, 0.25) is 0 Å². The second kappa shape index (κ2) is 6.33. The molecule has 1 fully saturated rings. The number of hydrogen-bond acceptors (Lipinski definition) is 4. The van der Waals surface area contributed by atoms with E-state index in [1.165, 1.54) is 5.56 Å². The third-order valence-electron chi connectivity index (χ3n) is 4.08. The van der Waals surface area contributed by atoms with E-state index in [2.05, 4.69) is 27.8 Å². The predicted octanol–water partition coefficient (Wildman–Crippen LogP) is 2.64. The first-order valence-corrected chi connectivity index (χ1v) is 7.63. The van der Waals surface area contributed by atoms with Crippen LogP contribution >= 0.6 is 15.9 Å². The van der Waals surface area contributed by atoms with Crippen molar-refractivity contribution < 1.29 is 9.47 Å². The Morgan fingerprint density at radius 1 is 1.30 bits per heavy atom.